The number of aliphatic imine (C=N–C) groups is 2. The zero-order valence-corrected chi connectivity index (χ0v) is 40.5. The zero-order chi connectivity index (χ0) is 50.8. The van der Waals surface area contributed by atoms with Gasteiger partial charge in [-0.15, -0.1) is 0 Å². The summed E-state index contributed by atoms with van der Waals surface area (Å²) in [6.07, 6.45) is 10.4. The summed E-state index contributed by atoms with van der Waals surface area (Å²) < 4.78 is 12.2. The Morgan fingerprint density at radius 2 is 1.18 bits per heavy atom. The van der Waals surface area contributed by atoms with Crippen molar-refractivity contribution in [2.24, 2.45) is 32.9 Å². The number of H-pyrrole nitrogens is 2. The SMILES string of the molecule is CCOC(OCC)C(=O)Cc1ccccc1.NC(N)=NCCCc1nc(-c2c[nH]c3ccccc23)cn2c(O)c(Cc3ccccc3)nc12.NC(N)=NCCCc1nc(-c2c[nH]c3ccccc23)cnc1N. The second kappa shape index (κ2) is 25.3. The molecule has 18 heteroatoms. The molecule has 0 amide bonds. The van der Waals surface area contributed by atoms with Crippen LogP contribution in [-0.2, 0) is 40.0 Å². The van der Waals surface area contributed by atoms with Crippen molar-refractivity contribution >= 4 is 51.0 Å². The molecule has 9 rings (SSSR count). The molecule has 0 spiro atoms. The van der Waals surface area contributed by atoms with Crippen LogP contribution in [0.15, 0.2) is 144 Å². The molecule has 13 N–H and O–H groups in total. The van der Waals surface area contributed by atoms with Crippen molar-refractivity contribution < 1.29 is 19.4 Å². The first-order valence-corrected chi connectivity index (χ1v) is 23.8. The third kappa shape index (κ3) is 13.6. The highest BCUT2D eigenvalue weighted by Gasteiger charge is 2.20. The third-order valence-electron chi connectivity index (χ3n) is 11.4. The molecule has 0 radical (unpaired) electrons. The standard InChI is InChI=1S/C25H25N7O.C16H19N7.C13H18O3/c26-25(27)28-12-6-11-20-23-31-21(13-16-7-2-1-3-8-16)24(33)32(23)15-22(30-20)18-14-29-19-10-5-4-9-17(18)19;17-15-13(6-3-7-20-16(18)19)23-14(9-22-15)11-8-21-12-5-2-1-4-10(11)12;1-3-15-13(16-4-2)12(14)10-11-8-6-5-7-9-11/h1-5,7-10,14-15,29,33H,6,11-13H2,(H4,26,27,28);1-2,4-5,8-9,21H,3,6-7H2,(H2,17,22)(H4,18,19,20);5-9,13H,3-4,10H2,1-2H3. The number of aromatic nitrogens is 7. The van der Waals surface area contributed by atoms with Crippen molar-refractivity contribution in [2.45, 2.75) is 58.7 Å². The Morgan fingerprint density at radius 1 is 0.667 bits per heavy atom. The highest BCUT2D eigenvalue weighted by Crippen LogP contribution is 2.32. The highest BCUT2D eigenvalue weighted by molar-refractivity contribution is 5.95. The summed E-state index contributed by atoms with van der Waals surface area (Å²) in [5.41, 5.74) is 38.0. The van der Waals surface area contributed by atoms with E-state index in [0.717, 1.165) is 73.3 Å². The molecule has 5 aromatic heterocycles. The molecule has 0 unspecified atom stereocenters. The minimum absolute atomic E-state index is 0.0325. The number of nitrogens with zero attached hydrogens (tertiary/aromatic N) is 7. The minimum Gasteiger partial charge on any atom is -0.493 e. The average molecular weight is 971 g/mol. The first kappa shape index (κ1) is 51.2. The first-order chi connectivity index (χ1) is 35.0. The number of fused-ring (bicyclic) bond motifs is 3. The maximum atomic E-state index is 11.8. The number of rotatable bonds is 19. The maximum absolute atomic E-state index is 11.8. The van der Waals surface area contributed by atoms with Gasteiger partial charge in [0.05, 0.1) is 29.0 Å². The van der Waals surface area contributed by atoms with Crippen LogP contribution in [0.25, 0.3) is 50.0 Å². The predicted molar refractivity (Wildman–Crippen MR) is 285 cm³/mol. The van der Waals surface area contributed by atoms with Crippen molar-refractivity contribution in [3.05, 3.63) is 162 Å². The largest absolute Gasteiger partial charge is 0.493 e. The number of imidazole rings is 1. The molecular formula is C54H62N14O4. The normalized spacial score (nSPS) is 11.0. The van der Waals surface area contributed by atoms with Gasteiger partial charge in [-0.1, -0.05) is 97.1 Å². The van der Waals surface area contributed by atoms with Crippen molar-refractivity contribution in [3.8, 4) is 28.4 Å². The Morgan fingerprint density at radius 3 is 1.75 bits per heavy atom. The number of aryl methyl sites for hydroxylation is 2. The Labute approximate surface area is 417 Å². The molecule has 0 aliphatic rings. The quantitative estimate of drug-likeness (QED) is 0.0176. The summed E-state index contributed by atoms with van der Waals surface area (Å²) >= 11 is 0. The first-order valence-electron chi connectivity index (χ1n) is 23.8. The van der Waals surface area contributed by atoms with Gasteiger partial charge in [0.25, 0.3) is 0 Å². The smallest absolute Gasteiger partial charge is 0.219 e. The van der Waals surface area contributed by atoms with E-state index in [2.05, 4.69) is 42.1 Å². The van der Waals surface area contributed by atoms with E-state index in [-0.39, 0.29) is 23.6 Å². The van der Waals surface area contributed by atoms with E-state index in [1.165, 1.54) is 0 Å². The van der Waals surface area contributed by atoms with Crippen LogP contribution in [0.5, 0.6) is 5.88 Å². The molecule has 9 aromatic rings. The van der Waals surface area contributed by atoms with Crippen molar-refractivity contribution in [1.82, 2.24) is 34.3 Å². The maximum Gasteiger partial charge on any atom is 0.219 e. The van der Waals surface area contributed by atoms with Gasteiger partial charge in [0.15, 0.2) is 23.3 Å². The number of aromatic amines is 2. The monoisotopic (exact) mass is 971 g/mol. The fraction of sp³-hybridized carbons (Fsp3) is 0.241. The van der Waals surface area contributed by atoms with E-state index in [1.54, 1.807) is 10.6 Å². The van der Waals surface area contributed by atoms with Crippen LogP contribution in [0.2, 0.25) is 0 Å². The van der Waals surface area contributed by atoms with Gasteiger partial charge < -0.3 is 53.2 Å². The number of aromatic hydroxyl groups is 1. The summed E-state index contributed by atoms with van der Waals surface area (Å²) in [6, 6.07) is 35.7. The lowest BCUT2D eigenvalue weighted by Gasteiger charge is -2.15. The molecule has 0 aliphatic carbocycles. The number of carbonyl (C=O) groups excluding carboxylic acids is 1. The molecule has 372 valence electrons. The summed E-state index contributed by atoms with van der Waals surface area (Å²) in [5, 5.41) is 13.2. The third-order valence-corrected chi connectivity index (χ3v) is 11.4. The number of guanidine groups is 2. The van der Waals surface area contributed by atoms with E-state index < -0.39 is 6.29 Å². The number of benzene rings is 4. The van der Waals surface area contributed by atoms with Gasteiger partial charge in [0, 0.05) is 90.7 Å². The number of ketones is 1. The second-order valence-electron chi connectivity index (χ2n) is 16.6. The molecule has 18 nitrogen and oxygen atoms in total. The van der Waals surface area contributed by atoms with Crippen LogP contribution in [0.1, 0.15) is 54.9 Å². The van der Waals surface area contributed by atoms with E-state index in [9.17, 15) is 9.90 Å². The van der Waals surface area contributed by atoms with Crippen molar-refractivity contribution in [2.75, 3.05) is 32.0 Å². The van der Waals surface area contributed by atoms with Crippen molar-refractivity contribution in [1.29, 1.82) is 0 Å². The van der Waals surface area contributed by atoms with Gasteiger partial charge in [0.2, 0.25) is 12.2 Å². The Bertz CT molecular complexity index is 3220. The van der Waals surface area contributed by atoms with Crippen LogP contribution >= 0.6 is 0 Å². The molecule has 0 bridgehead atoms. The predicted octanol–water partition coefficient (Wildman–Crippen LogP) is 6.99. The zero-order valence-electron chi connectivity index (χ0n) is 40.5. The van der Waals surface area contributed by atoms with Crippen LogP contribution in [0.4, 0.5) is 5.82 Å². The van der Waals surface area contributed by atoms with Gasteiger partial charge in [0.1, 0.15) is 11.5 Å². The molecule has 0 saturated heterocycles. The fourth-order valence-corrected chi connectivity index (χ4v) is 7.99. The minimum atomic E-state index is -0.727. The topological polar surface area (TPSA) is 298 Å². The molecule has 0 fully saturated rings. The Balaban J connectivity index is 0.000000170. The van der Waals surface area contributed by atoms with Gasteiger partial charge >= 0.3 is 0 Å². The summed E-state index contributed by atoms with van der Waals surface area (Å²) in [6.45, 7) is 5.69. The average Bonchev–Trinajstić information content (AvgIpc) is 4.11. The van der Waals surface area contributed by atoms with E-state index in [1.807, 2.05) is 129 Å². The fourth-order valence-electron chi connectivity index (χ4n) is 7.99. The molecule has 0 saturated carbocycles. The van der Waals surface area contributed by atoms with Crippen LogP contribution in [0.3, 0.4) is 0 Å². The molecular weight excluding hydrogens is 909 g/mol. The lowest BCUT2D eigenvalue weighted by molar-refractivity contribution is -0.167. The second-order valence-corrected chi connectivity index (χ2v) is 16.6. The lowest BCUT2D eigenvalue weighted by Crippen LogP contribution is -2.29. The molecule has 72 heavy (non-hydrogen) atoms. The van der Waals surface area contributed by atoms with Crippen LogP contribution in [-0.4, -0.2) is 89.7 Å². The summed E-state index contributed by atoms with van der Waals surface area (Å²) in [5.74, 6) is 0.705. The van der Waals surface area contributed by atoms with Gasteiger partial charge in [-0.25, -0.2) is 19.9 Å². The Kier molecular flexibility index (Phi) is 18.0. The number of nitrogen functional groups attached to an aromatic ring is 1. The van der Waals surface area contributed by atoms with E-state index in [0.29, 0.717) is 75.6 Å². The molecule has 0 aliphatic heterocycles. The molecule has 4 aromatic carbocycles. The number of hydrogen-bond donors (Lipinski definition) is 8. The number of nitrogens with two attached hydrogens (primary N) is 5. The van der Waals surface area contributed by atoms with Gasteiger partial charge in [-0.05, 0) is 62.8 Å². The van der Waals surface area contributed by atoms with E-state index in [4.69, 9.17) is 48.1 Å². The lowest BCUT2D eigenvalue weighted by atomic mass is 10.1. The van der Waals surface area contributed by atoms with Crippen LogP contribution in [0, 0.1) is 0 Å². The number of hydrogen-bond acceptors (Lipinski definition) is 11. The number of ether oxygens (including phenoxy) is 2. The highest BCUT2D eigenvalue weighted by atomic mass is 16.7. The summed E-state index contributed by atoms with van der Waals surface area (Å²) in [7, 11) is 0. The van der Waals surface area contributed by atoms with Crippen LogP contribution < -0.4 is 28.7 Å². The summed E-state index contributed by atoms with van der Waals surface area (Å²) in [4.78, 5) is 45.1. The Hall–Kier alpha value is -8.61. The number of nitrogens with one attached hydrogen (secondary N) is 2. The molecule has 5 heterocycles. The number of carbonyl (C=O) groups is 1. The van der Waals surface area contributed by atoms with Gasteiger partial charge in [-0.2, -0.15) is 0 Å². The number of anilines is 1. The van der Waals surface area contributed by atoms with E-state index >= 15 is 0 Å². The molecule has 0 atom stereocenters. The number of para-hydroxylation sites is 2. The van der Waals surface area contributed by atoms with Gasteiger partial charge in [-0.3, -0.25) is 19.2 Å². The number of Topliss-reactive ketones (excluding diaryl/α,β-unsaturated/α-hetero) is 1. The van der Waals surface area contributed by atoms with Crippen molar-refractivity contribution in [3.63, 3.8) is 0 Å².